The third-order valence-electron chi connectivity index (χ3n) is 4.59. The van der Waals surface area contributed by atoms with Gasteiger partial charge in [0, 0.05) is 37.6 Å². The van der Waals surface area contributed by atoms with Gasteiger partial charge < -0.3 is 14.6 Å². The Morgan fingerprint density at radius 3 is 2.78 bits per heavy atom. The van der Waals surface area contributed by atoms with E-state index in [1.807, 2.05) is 53.6 Å². The number of benzene rings is 1. The number of aryl methyl sites for hydroxylation is 1. The molecule has 0 aliphatic carbocycles. The SMILES string of the molecule is Cc1oc(-c2ccccc2)nc1C(=O)N1CCNCC1c1cccnc1.Cl. The Labute approximate surface area is 164 Å². The fraction of sp³-hybridized carbons (Fsp3) is 0.250. The van der Waals surface area contributed by atoms with Gasteiger partial charge in [0.25, 0.3) is 5.91 Å². The van der Waals surface area contributed by atoms with Gasteiger partial charge in [0.15, 0.2) is 5.69 Å². The van der Waals surface area contributed by atoms with E-state index in [1.165, 1.54) is 0 Å². The number of carbonyl (C=O) groups is 1. The number of rotatable bonds is 3. The van der Waals surface area contributed by atoms with Crippen LogP contribution in [-0.4, -0.2) is 40.4 Å². The van der Waals surface area contributed by atoms with Gasteiger partial charge in [-0.3, -0.25) is 9.78 Å². The first-order chi connectivity index (χ1) is 12.7. The zero-order valence-electron chi connectivity index (χ0n) is 15.0. The highest BCUT2D eigenvalue weighted by Crippen LogP contribution is 2.27. The van der Waals surface area contributed by atoms with E-state index >= 15 is 0 Å². The molecule has 0 radical (unpaired) electrons. The van der Waals surface area contributed by atoms with Gasteiger partial charge in [-0.15, -0.1) is 12.4 Å². The predicted octanol–water partition coefficient (Wildman–Crippen LogP) is 3.25. The standard InChI is InChI=1S/C20H20N4O2.ClH/c1-14-18(23-19(26-14)15-6-3-2-4-7-15)20(25)24-11-10-22-13-17(24)16-8-5-9-21-12-16;/h2-9,12,17,22H,10-11,13H2,1H3;1H. The molecule has 27 heavy (non-hydrogen) atoms. The van der Waals surface area contributed by atoms with Crippen molar-refractivity contribution in [1.82, 2.24) is 20.2 Å². The summed E-state index contributed by atoms with van der Waals surface area (Å²) in [4.78, 5) is 23.7. The van der Waals surface area contributed by atoms with Crippen molar-refractivity contribution in [2.45, 2.75) is 13.0 Å². The summed E-state index contributed by atoms with van der Waals surface area (Å²) in [6.45, 7) is 3.85. The molecule has 0 bridgehead atoms. The number of hydrogen-bond donors (Lipinski definition) is 1. The summed E-state index contributed by atoms with van der Waals surface area (Å²) in [5, 5.41) is 3.35. The highest BCUT2D eigenvalue weighted by Gasteiger charge is 2.31. The van der Waals surface area contributed by atoms with Crippen LogP contribution in [-0.2, 0) is 0 Å². The first-order valence-electron chi connectivity index (χ1n) is 8.68. The van der Waals surface area contributed by atoms with Gasteiger partial charge in [-0.05, 0) is 30.7 Å². The number of pyridine rings is 1. The summed E-state index contributed by atoms with van der Waals surface area (Å²) in [5.41, 5.74) is 2.25. The molecule has 1 aliphatic heterocycles. The lowest BCUT2D eigenvalue weighted by atomic mass is 10.0. The number of nitrogens with one attached hydrogen (secondary N) is 1. The van der Waals surface area contributed by atoms with Gasteiger partial charge in [0.1, 0.15) is 5.76 Å². The molecule has 140 valence electrons. The molecule has 1 fully saturated rings. The van der Waals surface area contributed by atoms with Gasteiger partial charge >= 0.3 is 0 Å². The first kappa shape index (κ1) is 19.1. The summed E-state index contributed by atoms with van der Waals surface area (Å²) in [7, 11) is 0. The number of aromatic nitrogens is 2. The fourth-order valence-corrected chi connectivity index (χ4v) is 3.25. The first-order valence-corrected chi connectivity index (χ1v) is 8.68. The maximum absolute atomic E-state index is 13.2. The normalized spacial score (nSPS) is 16.6. The van der Waals surface area contributed by atoms with E-state index in [9.17, 15) is 4.79 Å². The van der Waals surface area contributed by atoms with E-state index in [0.717, 1.165) is 17.7 Å². The lowest BCUT2D eigenvalue weighted by molar-refractivity contribution is 0.0627. The molecular weight excluding hydrogens is 364 g/mol. The molecule has 6 nitrogen and oxygen atoms in total. The third kappa shape index (κ3) is 3.86. The predicted molar refractivity (Wildman–Crippen MR) is 105 cm³/mol. The minimum atomic E-state index is -0.108. The molecule has 3 heterocycles. The van der Waals surface area contributed by atoms with E-state index in [4.69, 9.17) is 4.42 Å². The Morgan fingerprint density at radius 2 is 2.04 bits per heavy atom. The zero-order chi connectivity index (χ0) is 17.9. The average Bonchev–Trinajstić information content (AvgIpc) is 3.10. The highest BCUT2D eigenvalue weighted by atomic mass is 35.5. The van der Waals surface area contributed by atoms with Crippen LogP contribution in [0.5, 0.6) is 0 Å². The van der Waals surface area contributed by atoms with Crippen molar-refractivity contribution >= 4 is 18.3 Å². The van der Waals surface area contributed by atoms with Crippen molar-refractivity contribution in [1.29, 1.82) is 0 Å². The second kappa shape index (κ2) is 8.33. The van der Waals surface area contributed by atoms with Crippen LogP contribution in [0.4, 0.5) is 0 Å². The van der Waals surface area contributed by atoms with Gasteiger partial charge in [-0.2, -0.15) is 0 Å². The van der Waals surface area contributed by atoms with E-state index in [1.54, 1.807) is 13.1 Å². The second-order valence-electron chi connectivity index (χ2n) is 6.29. The molecule has 3 aromatic rings. The van der Waals surface area contributed by atoms with Crippen molar-refractivity contribution in [3.63, 3.8) is 0 Å². The summed E-state index contributed by atoms with van der Waals surface area (Å²) in [6.07, 6.45) is 3.54. The number of nitrogens with zero attached hydrogens (tertiary/aromatic N) is 3. The molecule has 1 atom stereocenters. The number of oxazole rings is 1. The lowest BCUT2D eigenvalue weighted by Crippen LogP contribution is -2.49. The molecule has 1 aromatic carbocycles. The van der Waals surface area contributed by atoms with Crippen LogP contribution in [0, 0.1) is 6.92 Å². The molecule has 4 rings (SSSR count). The molecule has 0 spiro atoms. The molecule has 1 N–H and O–H groups in total. The maximum atomic E-state index is 13.2. The van der Waals surface area contributed by atoms with Crippen LogP contribution in [0.3, 0.4) is 0 Å². The summed E-state index contributed by atoms with van der Waals surface area (Å²) in [6, 6.07) is 13.4. The monoisotopic (exact) mass is 384 g/mol. The smallest absolute Gasteiger partial charge is 0.276 e. The van der Waals surface area contributed by atoms with E-state index in [-0.39, 0.29) is 24.4 Å². The van der Waals surface area contributed by atoms with Crippen molar-refractivity contribution in [3.05, 3.63) is 71.9 Å². The number of halogens is 1. The van der Waals surface area contributed by atoms with E-state index in [0.29, 0.717) is 30.4 Å². The summed E-state index contributed by atoms with van der Waals surface area (Å²) >= 11 is 0. The molecule has 1 amide bonds. The number of carbonyl (C=O) groups excluding carboxylic acids is 1. The number of hydrogen-bond acceptors (Lipinski definition) is 5. The largest absolute Gasteiger partial charge is 0.441 e. The summed E-state index contributed by atoms with van der Waals surface area (Å²) < 4.78 is 5.77. The highest BCUT2D eigenvalue weighted by molar-refractivity contribution is 5.94. The molecule has 1 aliphatic rings. The van der Waals surface area contributed by atoms with Crippen LogP contribution in [0.15, 0.2) is 59.3 Å². The topological polar surface area (TPSA) is 71.3 Å². The van der Waals surface area contributed by atoms with E-state index < -0.39 is 0 Å². The van der Waals surface area contributed by atoms with Crippen LogP contribution in [0.1, 0.15) is 27.9 Å². The van der Waals surface area contributed by atoms with Crippen molar-refractivity contribution in [2.75, 3.05) is 19.6 Å². The third-order valence-corrected chi connectivity index (χ3v) is 4.59. The lowest BCUT2D eigenvalue weighted by Gasteiger charge is -2.36. The van der Waals surface area contributed by atoms with Crippen LogP contribution >= 0.6 is 12.4 Å². The Balaban J connectivity index is 0.00000210. The minimum Gasteiger partial charge on any atom is -0.441 e. The van der Waals surface area contributed by atoms with Crippen LogP contribution in [0.2, 0.25) is 0 Å². The molecule has 7 heteroatoms. The Bertz CT molecular complexity index is 899. The molecule has 1 unspecified atom stereocenters. The van der Waals surface area contributed by atoms with E-state index in [2.05, 4.69) is 15.3 Å². The molecule has 1 saturated heterocycles. The second-order valence-corrected chi connectivity index (χ2v) is 6.29. The Morgan fingerprint density at radius 1 is 1.22 bits per heavy atom. The number of piperazine rings is 1. The fourth-order valence-electron chi connectivity index (χ4n) is 3.25. The summed E-state index contributed by atoms with van der Waals surface area (Å²) in [5.74, 6) is 0.903. The minimum absolute atomic E-state index is 0. The van der Waals surface area contributed by atoms with Gasteiger partial charge in [0.05, 0.1) is 6.04 Å². The maximum Gasteiger partial charge on any atom is 0.276 e. The van der Waals surface area contributed by atoms with Gasteiger partial charge in [0.2, 0.25) is 5.89 Å². The zero-order valence-corrected chi connectivity index (χ0v) is 15.8. The Hall–Kier alpha value is -2.70. The van der Waals surface area contributed by atoms with Gasteiger partial charge in [-0.1, -0.05) is 24.3 Å². The number of amides is 1. The van der Waals surface area contributed by atoms with Crippen molar-refractivity contribution in [3.8, 4) is 11.5 Å². The van der Waals surface area contributed by atoms with Gasteiger partial charge in [-0.25, -0.2) is 4.98 Å². The molecule has 0 saturated carbocycles. The Kier molecular flexibility index (Phi) is 5.88. The molecule has 2 aromatic heterocycles. The van der Waals surface area contributed by atoms with Crippen molar-refractivity contribution in [2.24, 2.45) is 0 Å². The van der Waals surface area contributed by atoms with Crippen molar-refractivity contribution < 1.29 is 9.21 Å². The average molecular weight is 385 g/mol. The molecular formula is C20H21ClN4O2. The van der Waals surface area contributed by atoms with Crippen LogP contribution < -0.4 is 5.32 Å². The van der Waals surface area contributed by atoms with Crippen LogP contribution in [0.25, 0.3) is 11.5 Å². The quantitative estimate of drug-likeness (QED) is 0.750.